The molecular formula is C25H25Cl2NO2. The van der Waals surface area contributed by atoms with Crippen molar-refractivity contribution in [3.8, 4) is 0 Å². The fourth-order valence-electron chi connectivity index (χ4n) is 6.58. The highest BCUT2D eigenvalue weighted by Gasteiger charge is 2.66. The molecule has 1 amide bonds. The first kappa shape index (κ1) is 20.1. The number of carbonyl (C=O) groups excluding carboxylic acids is 2. The van der Waals surface area contributed by atoms with Gasteiger partial charge < -0.3 is 5.32 Å². The molecule has 0 aliphatic heterocycles. The summed E-state index contributed by atoms with van der Waals surface area (Å²) in [7, 11) is 0. The molecule has 30 heavy (non-hydrogen) atoms. The van der Waals surface area contributed by atoms with Gasteiger partial charge in [0.25, 0.3) is 0 Å². The second kappa shape index (κ2) is 6.83. The molecule has 5 rings (SSSR count). The minimum Gasteiger partial charge on any atom is -0.351 e. The summed E-state index contributed by atoms with van der Waals surface area (Å²) in [5.41, 5.74) is 3.85. The Hall–Kier alpha value is -1.84. The zero-order valence-electron chi connectivity index (χ0n) is 17.2. The Labute approximate surface area is 187 Å². The van der Waals surface area contributed by atoms with Crippen molar-refractivity contribution in [2.24, 2.45) is 10.8 Å². The Morgan fingerprint density at radius 1 is 1.20 bits per heavy atom. The maximum absolute atomic E-state index is 13.7. The van der Waals surface area contributed by atoms with Crippen LogP contribution < -0.4 is 5.32 Å². The van der Waals surface area contributed by atoms with Crippen LogP contribution in [-0.4, -0.2) is 11.7 Å². The van der Waals surface area contributed by atoms with E-state index < -0.39 is 0 Å². The Balaban J connectivity index is 1.52. The van der Waals surface area contributed by atoms with Gasteiger partial charge in [-0.3, -0.25) is 9.59 Å². The van der Waals surface area contributed by atoms with E-state index in [1.165, 1.54) is 5.56 Å². The molecule has 3 nitrogen and oxygen atoms in total. The molecule has 4 atom stereocenters. The number of hydrogen-bond donors (Lipinski definition) is 1. The molecule has 0 unspecified atom stereocenters. The number of nitrogens with one attached hydrogen (secondary N) is 1. The molecule has 2 fully saturated rings. The van der Waals surface area contributed by atoms with Crippen molar-refractivity contribution in [2.75, 3.05) is 0 Å². The molecule has 1 spiro atoms. The number of carbonyl (C=O) groups is 2. The molecule has 1 N–H and O–H groups in total. The third kappa shape index (κ3) is 2.85. The van der Waals surface area contributed by atoms with Crippen molar-refractivity contribution in [1.29, 1.82) is 0 Å². The number of aryl methyl sites for hydroxylation is 1. The topological polar surface area (TPSA) is 46.2 Å². The lowest BCUT2D eigenvalue weighted by atomic mass is 9.60. The predicted octanol–water partition coefficient (Wildman–Crippen LogP) is 5.95. The summed E-state index contributed by atoms with van der Waals surface area (Å²) in [6.07, 6.45) is 3.20. The lowest BCUT2D eigenvalue weighted by Gasteiger charge is -2.42. The summed E-state index contributed by atoms with van der Waals surface area (Å²) in [6.45, 7) is 4.54. The van der Waals surface area contributed by atoms with Crippen LogP contribution in [0, 0.1) is 17.8 Å². The smallest absolute Gasteiger partial charge is 0.228 e. The van der Waals surface area contributed by atoms with Gasteiger partial charge in [0, 0.05) is 33.8 Å². The molecule has 3 aliphatic rings. The molecule has 0 saturated heterocycles. The first-order valence-electron chi connectivity index (χ1n) is 10.6. The minimum absolute atomic E-state index is 0.00287. The molecule has 0 heterocycles. The normalized spacial score (nSPS) is 31.4. The SMILES string of the molecule is Cc1cccc2c1[C@H](C(=O)NCc1cc(Cl)cc(Cl)c1)[C@@]13CC(=O)[C@@](C)(CC[C@@H]21)C3. The van der Waals surface area contributed by atoms with Crippen LogP contribution in [0.4, 0.5) is 0 Å². The molecule has 3 aliphatic carbocycles. The van der Waals surface area contributed by atoms with E-state index in [0.29, 0.717) is 28.8 Å². The van der Waals surface area contributed by atoms with E-state index in [1.807, 2.05) is 12.1 Å². The van der Waals surface area contributed by atoms with E-state index in [4.69, 9.17) is 23.2 Å². The van der Waals surface area contributed by atoms with Crippen molar-refractivity contribution < 1.29 is 9.59 Å². The van der Waals surface area contributed by atoms with E-state index >= 15 is 0 Å². The maximum Gasteiger partial charge on any atom is 0.228 e. The van der Waals surface area contributed by atoms with Crippen LogP contribution in [0.5, 0.6) is 0 Å². The molecule has 0 radical (unpaired) electrons. The van der Waals surface area contributed by atoms with Crippen molar-refractivity contribution in [3.05, 3.63) is 68.7 Å². The van der Waals surface area contributed by atoms with E-state index in [9.17, 15) is 9.59 Å². The highest BCUT2D eigenvalue weighted by atomic mass is 35.5. The summed E-state index contributed by atoms with van der Waals surface area (Å²) in [4.78, 5) is 26.7. The van der Waals surface area contributed by atoms with Gasteiger partial charge in [-0.15, -0.1) is 0 Å². The number of hydrogen-bond acceptors (Lipinski definition) is 2. The second-order valence-corrected chi connectivity index (χ2v) is 10.5. The fourth-order valence-corrected chi connectivity index (χ4v) is 7.15. The number of halogens is 2. The van der Waals surface area contributed by atoms with Gasteiger partial charge in [0.05, 0.1) is 5.92 Å². The second-order valence-electron chi connectivity index (χ2n) is 9.67. The molecule has 5 heteroatoms. The molecule has 156 valence electrons. The van der Waals surface area contributed by atoms with Crippen LogP contribution in [0.15, 0.2) is 36.4 Å². The first-order chi connectivity index (χ1) is 14.2. The highest BCUT2D eigenvalue weighted by Crippen LogP contribution is 2.71. The summed E-state index contributed by atoms with van der Waals surface area (Å²) in [5, 5.41) is 4.24. The van der Waals surface area contributed by atoms with Gasteiger partial charge in [-0.2, -0.15) is 0 Å². The van der Waals surface area contributed by atoms with Crippen LogP contribution in [0.1, 0.15) is 66.7 Å². The molecule has 0 aromatic heterocycles. The number of benzene rings is 2. The zero-order chi connectivity index (χ0) is 21.3. The largest absolute Gasteiger partial charge is 0.351 e. The summed E-state index contributed by atoms with van der Waals surface area (Å²) >= 11 is 12.2. The van der Waals surface area contributed by atoms with Crippen molar-refractivity contribution in [3.63, 3.8) is 0 Å². The van der Waals surface area contributed by atoms with Crippen LogP contribution in [0.3, 0.4) is 0 Å². The fraction of sp³-hybridized carbons (Fsp3) is 0.440. The van der Waals surface area contributed by atoms with Gasteiger partial charge in [0.1, 0.15) is 5.78 Å². The average Bonchev–Trinajstić information content (AvgIpc) is 3.06. The molecule has 2 aromatic carbocycles. The molecular weight excluding hydrogens is 417 g/mol. The standard InChI is InChI=1S/C25H25Cl2NO2/c1-14-4-3-5-18-19-6-7-24(2)13-25(19,11-20(24)29)22(21(14)18)23(30)28-12-15-8-16(26)10-17(27)9-15/h3-5,8-10,19,22H,6-7,11-13H2,1-2H3,(H,28,30)/t19-,22+,24-,25+/m0/s1. The number of rotatable bonds is 3. The van der Waals surface area contributed by atoms with Gasteiger partial charge in [-0.1, -0.05) is 48.3 Å². The third-order valence-corrected chi connectivity index (χ3v) is 8.25. The van der Waals surface area contributed by atoms with Crippen LogP contribution in [0.2, 0.25) is 10.0 Å². The number of amides is 1. The average molecular weight is 442 g/mol. The minimum atomic E-state index is -0.297. The lowest BCUT2D eigenvalue weighted by Crippen LogP contribution is -2.40. The van der Waals surface area contributed by atoms with Gasteiger partial charge >= 0.3 is 0 Å². The zero-order valence-corrected chi connectivity index (χ0v) is 18.7. The molecule has 2 saturated carbocycles. The van der Waals surface area contributed by atoms with Crippen molar-refractivity contribution in [2.45, 2.75) is 57.9 Å². The van der Waals surface area contributed by atoms with E-state index in [-0.39, 0.29) is 28.6 Å². The molecule has 2 aromatic rings. The Kier molecular flexibility index (Phi) is 4.57. The number of Topliss-reactive ketones (excluding diaryl/α,β-unsaturated/α-hetero) is 1. The third-order valence-electron chi connectivity index (χ3n) is 7.81. The summed E-state index contributed by atoms with van der Waals surface area (Å²) in [5.74, 6) is 0.320. The monoisotopic (exact) mass is 441 g/mol. The summed E-state index contributed by atoms with van der Waals surface area (Å²) in [6, 6.07) is 11.7. The van der Waals surface area contributed by atoms with Gasteiger partial charge in [-0.05, 0) is 72.6 Å². The Bertz CT molecular complexity index is 1060. The Morgan fingerprint density at radius 3 is 2.67 bits per heavy atom. The number of fused-ring (bicyclic) bond motifs is 3. The number of ketones is 1. The van der Waals surface area contributed by atoms with E-state index in [1.54, 1.807) is 6.07 Å². The van der Waals surface area contributed by atoms with Crippen LogP contribution in [-0.2, 0) is 16.1 Å². The maximum atomic E-state index is 13.7. The first-order valence-corrected chi connectivity index (χ1v) is 11.3. The van der Waals surface area contributed by atoms with Crippen molar-refractivity contribution >= 4 is 34.9 Å². The Morgan fingerprint density at radius 2 is 1.93 bits per heavy atom. The van der Waals surface area contributed by atoms with Gasteiger partial charge in [0.2, 0.25) is 5.91 Å². The molecule has 2 bridgehead atoms. The summed E-state index contributed by atoms with van der Waals surface area (Å²) < 4.78 is 0. The van der Waals surface area contributed by atoms with Crippen LogP contribution >= 0.6 is 23.2 Å². The van der Waals surface area contributed by atoms with Gasteiger partial charge in [-0.25, -0.2) is 0 Å². The highest BCUT2D eigenvalue weighted by molar-refractivity contribution is 6.34. The quantitative estimate of drug-likeness (QED) is 0.639. The van der Waals surface area contributed by atoms with E-state index in [2.05, 4.69) is 37.4 Å². The lowest BCUT2D eigenvalue weighted by molar-refractivity contribution is -0.126. The predicted molar refractivity (Wildman–Crippen MR) is 119 cm³/mol. The van der Waals surface area contributed by atoms with Gasteiger partial charge in [0.15, 0.2) is 0 Å². The van der Waals surface area contributed by atoms with Crippen LogP contribution in [0.25, 0.3) is 0 Å². The van der Waals surface area contributed by atoms with E-state index in [0.717, 1.165) is 36.0 Å². The van der Waals surface area contributed by atoms with Crippen molar-refractivity contribution in [1.82, 2.24) is 5.32 Å².